The fourth-order valence-electron chi connectivity index (χ4n) is 1.35. The summed E-state index contributed by atoms with van der Waals surface area (Å²) in [5, 5.41) is 0. The first-order valence-corrected chi connectivity index (χ1v) is 5.86. The van der Waals surface area contributed by atoms with Gasteiger partial charge in [-0.1, -0.05) is 22.0 Å². The van der Waals surface area contributed by atoms with Crippen LogP contribution in [-0.4, -0.2) is 9.55 Å². The molecule has 0 atom stereocenters. The number of rotatable bonds is 1. The fourth-order valence-corrected chi connectivity index (χ4v) is 1.99. The summed E-state index contributed by atoms with van der Waals surface area (Å²) < 4.78 is 3.15. The van der Waals surface area contributed by atoms with Gasteiger partial charge in [0.1, 0.15) is 0 Å². The van der Waals surface area contributed by atoms with E-state index in [1.807, 2.05) is 25.1 Å². The van der Waals surface area contributed by atoms with Gasteiger partial charge in [-0.25, -0.2) is 0 Å². The molecule has 0 aliphatic carbocycles. The van der Waals surface area contributed by atoms with Crippen LogP contribution in [-0.2, 0) is 0 Å². The number of nitrogens with one attached hydrogen (secondary N) is 1. The Balaban J connectivity index is 2.63. The van der Waals surface area contributed by atoms with Crippen LogP contribution in [0.1, 0.15) is 5.56 Å². The van der Waals surface area contributed by atoms with Gasteiger partial charge in [-0.2, -0.15) is 0 Å². The number of aromatic nitrogens is 2. The van der Waals surface area contributed by atoms with E-state index < -0.39 is 0 Å². The average molecular weight is 297 g/mol. The van der Waals surface area contributed by atoms with Gasteiger partial charge in [-0.15, -0.1) is 0 Å². The minimum Gasteiger partial charge on any atom is -0.299 e. The van der Waals surface area contributed by atoms with E-state index in [1.165, 1.54) is 6.07 Å². The van der Waals surface area contributed by atoms with Crippen LogP contribution in [0.3, 0.4) is 0 Å². The molecule has 0 saturated carbocycles. The Kier molecular flexibility index (Phi) is 3.07. The Bertz CT molecular complexity index is 645. The maximum absolute atomic E-state index is 11.1. The number of halogens is 1. The molecule has 0 radical (unpaired) electrons. The molecule has 82 valence electrons. The van der Waals surface area contributed by atoms with Gasteiger partial charge in [0.2, 0.25) is 0 Å². The van der Waals surface area contributed by atoms with Crippen molar-refractivity contribution in [3.8, 4) is 5.69 Å². The molecule has 1 heterocycles. The molecule has 0 bridgehead atoms. The third-order valence-corrected chi connectivity index (χ3v) is 3.41. The van der Waals surface area contributed by atoms with Gasteiger partial charge < -0.3 is 0 Å². The van der Waals surface area contributed by atoms with E-state index in [4.69, 9.17) is 12.2 Å². The lowest BCUT2D eigenvalue weighted by atomic mass is 10.2. The molecule has 0 amide bonds. The van der Waals surface area contributed by atoms with Crippen LogP contribution in [0.2, 0.25) is 0 Å². The van der Waals surface area contributed by atoms with E-state index in [-0.39, 0.29) is 5.56 Å². The number of hydrogen-bond acceptors (Lipinski definition) is 2. The summed E-state index contributed by atoms with van der Waals surface area (Å²) in [4.78, 5) is 13.6. The van der Waals surface area contributed by atoms with Gasteiger partial charge >= 0.3 is 0 Å². The van der Waals surface area contributed by atoms with Crippen LogP contribution in [0.4, 0.5) is 0 Å². The molecule has 5 heteroatoms. The Labute approximate surface area is 106 Å². The highest BCUT2D eigenvalue weighted by molar-refractivity contribution is 9.10. The fraction of sp³-hybridized carbons (Fsp3) is 0.0909. The molecule has 1 aromatic heterocycles. The third kappa shape index (κ3) is 2.15. The smallest absolute Gasteiger partial charge is 0.251 e. The first kappa shape index (κ1) is 11.3. The van der Waals surface area contributed by atoms with Crippen molar-refractivity contribution in [1.82, 2.24) is 9.55 Å². The minimum atomic E-state index is -0.188. The van der Waals surface area contributed by atoms with Crippen molar-refractivity contribution in [1.29, 1.82) is 0 Å². The molecule has 3 nitrogen and oxygen atoms in total. The van der Waals surface area contributed by atoms with Crippen molar-refractivity contribution in [3.05, 3.63) is 55.6 Å². The van der Waals surface area contributed by atoms with E-state index in [0.29, 0.717) is 4.77 Å². The van der Waals surface area contributed by atoms with Crippen LogP contribution in [0.5, 0.6) is 0 Å². The van der Waals surface area contributed by atoms with Crippen molar-refractivity contribution in [2.45, 2.75) is 6.92 Å². The zero-order valence-electron chi connectivity index (χ0n) is 8.53. The number of aromatic amines is 1. The minimum absolute atomic E-state index is 0.188. The van der Waals surface area contributed by atoms with Gasteiger partial charge in [0.15, 0.2) is 4.77 Å². The van der Waals surface area contributed by atoms with Crippen LogP contribution in [0.15, 0.2) is 39.7 Å². The molecule has 1 N–H and O–H groups in total. The summed E-state index contributed by atoms with van der Waals surface area (Å²) in [7, 11) is 0. The first-order valence-electron chi connectivity index (χ1n) is 4.66. The SMILES string of the molecule is Cc1ccc(-n2ccc(=O)[nH]c2=S)cc1Br. The van der Waals surface area contributed by atoms with Gasteiger partial charge in [0, 0.05) is 22.4 Å². The number of H-pyrrole nitrogens is 1. The second-order valence-electron chi connectivity index (χ2n) is 3.41. The highest BCUT2D eigenvalue weighted by atomic mass is 79.9. The second kappa shape index (κ2) is 4.35. The van der Waals surface area contributed by atoms with E-state index >= 15 is 0 Å². The van der Waals surface area contributed by atoms with Gasteiger partial charge in [0.25, 0.3) is 5.56 Å². The van der Waals surface area contributed by atoms with Crippen molar-refractivity contribution in [3.63, 3.8) is 0 Å². The topological polar surface area (TPSA) is 37.8 Å². The zero-order valence-corrected chi connectivity index (χ0v) is 10.9. The van der Waals surface area contributed by atoms with Gasteiger partial charge in [-0.3, -0.25) is 14.3 Å². The average Bonchev–Trinajstić information content (AvgIpc) is 2.22. The Hall–Kier alpha value is -1.20. The number of benzene rings is 1. The van der Waals surface area contributed by atoms with E-state index in [1.54, 1.807) is 10.8 Å². The normalized spacial score (nSPS) is 10.4. The molecule has 1 aromatic carbocycles. The van der Waals surface area contributed by atoms with Crippen molar-refractivity contribution in [2.24, 2.45) is 0 Å². The van der Waals surface area contributed by atoms with Gasteiger partial charge in [0.05, 0.1) is 0 Å². The summed E-state index contributed by atoms with van der Waals surface area (Å²) >= 11 is 8.55. The zero-order chi connectivity index (χ0) is 11.7. The van der Waals surface area contributed by atoms with Crippen LogP contribution in [0, 0.1) is 11.7 Å². The summed E-state index contributed by atoms with van der Waals surface area (Å²) in [6, 6.07) is 7.35. The molecule has 0 fully saturated rings. The van der Waals surface area contributed by atoms with E-state index in [0.717, 1.165) is 15.7 Å². The van der Waals surface area contributed by atoms with Crippen molar-refractivity contribution < 1.29 is 0 Å². The highest BCUT2D eigenvalue weighted by Gasteiger charge is 2.00. The Morgan fingerprint density at radius 2 is 2.12 bits per heavy atom. The number of aryl methyl sites for hydroxylation is 1. The second-order valence-corrected chi connectivity index (χ2v) is 4.65. The summed E-state index contributed by atoms with van der Waals surface area (Å²) in [5.74, 6) is 0. The lowest BCUT2D eigenvalue weighted by molar-refractivity contribution is 0.936. The molecular formula is C11H9BrN2OS. The molecule has 16 heavy (non-hydrogen) atoms. The van der Waals surface area contributed by atoms with Gasteiger partial charge in [-0.05, 0) is 36.8 Å². The van der Waals surface area contributed by atoms with Crippen LogP contribution >= 0.6 is 28.1 Å². The van der Waals surface area contributed by atoms with E-state index in [9.17, 15) is 4.79 Å². The predicted octanol–water partition coefficient (Wildman–Crippen LogP) is 2.97. The van der Waals surface area contributed by atoms with Crippen LogP contribution < -0.4 is 5.56 Å². The molecule has 0 aliphatic rings. The quantitative estimate of drug-likeness (QED) is 0.822. The Morgan fingerprint density at radius 1 is 1.38 bits per heavy atom. The lowest BCUT2D eigenvalue weighted by Crippen LogP contribution is -2.09. The van der Waals surface area contributed by atoms with Crippen molar-refractivity contribution >= 4 is 28.1 Å². The largest absolute Gasteiger partial charge is 0.299 e. The maximum atomic E-state index is 11.1. The molecule has 2 aromatic rings. The lowest BCUT2D eigenvalue weighted by Gasteiger charge is -2.07. The van der Waals surface area contributed by atoms with Crippen LogP contribution in [0.25, 0.3) is 5.69 Å². The number of nitrogens with zero attached hydrogens (tertiary/aromatic N) is 1. The molecule has 2 rings (SSSR count). The van der Waals surface area contributed by atoms with Crippen molar-refractivity contribution in [2.75, 3.05) is 0 Å². The first-order chi connectivity index (χ1) is 7.58. The molecule has 0 spiro atoms. The predicted molar refractivity (Wildman–Crippen MR) is 69.7 cm³/mol. The summed E-state index contributed by atoms with van der Waals surface area (Å²) in [5.41, 5.74) is 1.88. The molecule has 0 aliphatic heterocycles. The Morgan fingerprint density at radius 3 is 2.75 bits per heavy atom. The maximum Gasteiger partial charge on any atom is 0.251 e. The monoisotopic (exact) mass is 296 g/mol. The summed E-state index contributed by atoms with van der Waals surface area (Å²) in [6.07, 6.45) is 1.66. The third-order valence-electron chi connectivity index (χ3n) is 2.26. The number of hydrogen-bond donors (Lipinski definition) is 1. The summed E-state index contributed by atoms with van der Waals surface area (Å²) in [6.45, 7) is 2.01. The molecular weight excluding hydrogens is 288 g/mol. The highest BCUT2D eigenvalue weighted by Crippen LogP contribution is 2.19. The molecule has 0 saturated heterocycles. The molecule has 0 unspecified atom stereocenters. The van der Waals surface area contributed by atoms with E-state index in [2.05, 4.69) is 20.9 Å². The standard InChI is InChI=1S/C11H9BrN2OS/c1-7-2-3-8(6-9(7)12)14-5-4-10(15)13-11(14)16/h2-6H,1H3,(H,13,15,16).